The number of halogens is 1. The van der Waals surface area contributed by atoms with Crippen LogP contribution in [0.3, 0.4) is 0 Å². The number of nitrogens with zero attached hydrogens (tertiary/aromatic N) is 2. The number of hydrogen-bond acceptors (Lipinski definition) is 4. The van der Waals surface area contributed by atoms with E-state index in [0.29, 0.717) is 19.0 Å². The van der Waals surface area contributed by atoms with Gasteiger partial charge in [0.15, 0.2) is 5.69 Å². The average Bonchev–Trinajstić information content (AvgIpc) is 3.56. The SMILES string of the molecule is C[C@@H](NC(=O)c1coc(CN(CCc2c[nH]c3ccccc23)Cc2ccccc2Cl)n1)c1ccccc1. The molecule has 3 aromatic carbocycles. The second kappa shape index (κ2) is 11.5. The summed E-state index contributed by atoms with van der Waals surface area (Å²) in [4.78, 5) is 22.9. The minimum absolute atomic E-state index is 0.137. The standard InChI is InChI=1S/C30H29ClN4O2/c1-21(22-9-3-2-4-10-22)33-30(36)28-20-37-29(34-28)19-35(18-24-11-5-7-13-26(24)31)16-15-23-17-32-27-14-8-6-12-25(23)27/h2-14,17,20-21,32H,15-16,18-19H2,1H3,(H,33,36)/t21-/m1/s1. The highest BCUT2D eigenvalue weighted by Crippen LogP contribution is 2.22. The number of oxazole rings is 1. The lowest BCUT2D eigenvalue weighted by molar-refractivity contribution is 0.0934. The number of carbonyl (C=O) groups is 1. The molecule has 0 aliphatic rings. The van der Waals surface area contributed by atoms with Crippen LogP contribution < -0.4 is 5.32 Å². The second-order valence-corrected chi connectivity index (χ2v) is 9.55. The van der Waals surface area contributed by atoms with Crippen molar-refractivity contribution in [3.8, 4) is 0 Å². The maximum absolute atomic E-state index is 12.8. The van der Waals surface area contributed by atoms with Crippen molar-refractivity contribution in [3.05, 3.63) is 125 Å². The van der Waals surface area contributed by atoms with E-state index in [1.54, 1.807) is 0 Å². The van der Waals surface area contributed by atoms with Gasteiger partial charge in [-0.05, 0) is 42.2 Å². The molecule has 5 rings (SSSR count). The highest BCUT2D eigenvalue weighted by atomic mass is 35.5. The van der Waals surface area contributed by atoms with Crippen molar-refractivity contribution in [2.24, 2.45) is 0 Å². The summed E-state index contributed by atoms with van der Waals surface area (Å²) < 4.78 is 5.73. The highest BCUT2D eigenvalue weighted by Gasteiger charge is 2.18. The summed E-state index contributed by atoms with van der Waals surface area (Å²) in [6.07, 6.45) is 4.34. The summed E-state index contributed by atoms with van der Waals surface area (Å²) >= 11 is 6.47. The van der Waals surface area contributed by atoms with Crippen LogP contribution in [0.5, 0.6) is 0 Å². The summed E-state index contributed by atoms with van der Waals surface area (Å²) in [5.74, 6) is 0.228. The first-order valence-corrected chi connectivity index (χ1v) is 12.8. The Morgan fingerprint density at radius 1 is 1.00 bits per heavy atom. The predicted molar refractivity (Wildman–Crippen MR) is 146 cm³/mol. The number of para-hydroxylation sites is 1. The van der Waals surface area contributed by atoms with E-state index in [2.05, 4.69) is 44.6 Å². The Morgan fingerprint density at radius 3 is 2.59 bits per heavy atom. The van der Waals surface area contributed by atoms with E-state index in [-0.39, 0.29) is 17.6 Å². The summed E-state index contributed by atoms with van der Waals surface area (Å²) in [5.41, 5.74) is 4.71. The molecule has 0 spiro atoms. The maximum atomic E-state index is 12.8. The third kappa shape index (κ3) is 6.10. The molecular formula is C30H29ClN4O2. The van der Waals surface area contributed by atoms with Crippen molar-refractivity contribution in [3.63, 3.8) is 0 Å². The third-order valence-corrected chi connectivity index (χ3v) is 6.88. The number of hydrogen-bond donors (Lipinski definition) is 2. The van der Waals surface area contributed by atoms with Crippen molar-refractivity contribution in [2.75, 3.05) is 6.54 Å². The molecule has 6 nitrogen and oxygen atoms in total. The van der Waals surface area contributed by atoms with Gasteiger partial charge in [0, 0.05) is 35.2 Å². The zero-order chi connectivity index (χ0) is 25.6. The third-order valence-electron chi connectivity index (χ3n) is 6.51. The molecule has 0 unspecified atom stereocenters. The second-order valence-electron chi connectivity index (χ2n) is 9.14. The van der Waals surface area contributed by atoms with Crippen LogP contribution in [0.1, 0.15) is 46.0 Å². The number of fused-ring (bicyclic) bond motifs is 1. The monoisotopic (exact) mass is 512 g/mol. The van der Waals surface area contributed by atoms with E-state index >= 15 is 0 Å². The Bertz CT molecular complexity index is 1480. The molecule has 0 aliphatic heterocycles. The molecule has 0 radical (unpaired) electrons. The number of benzene rings is 3. The summed E-state index contributed by atoms with van der Waals surface area (Å²) in [5, 5.41) is 4.94. The molecule has 1 amide bonds. The molecule has 0 saturated carbocycles. The lowest BCUT2D eigenvalue weighted by atomic mass is 10.1. The van der Waals surface area contributed by atoms with Crippen molar-refractivity contribution in [1.29, 1.82) is 0 Å². The highest BCUT2D eigenvalue weighted by molar-refractivity contribution is 6.31. The van der Waals surface area contributed by atoms with Crippen LogP contribution >= 0.6 is 11.6 Å². The predicted octanol–water partition coefficient (Wildman–Crippen LogP) is 6.55. The molecule has 37 heavy (non-hydrogen) atoms. The maximum Gasteiger partial charge on any atom is 0.273 e. The molecule has 7 heteroatoms. The number of nitrogens with one attached hydrogen (secondary N) is 2. The lowest BCUT2D eigenvalue weighted by Crippen LogP contribution is -2.27. The van der Waals surface area contributed by atoms with E-state index in [0.717, 1.165) is 34.6 Å². The molecule has 5 aromatic rings. The van der Waals surface area contributed by atoms with Crippen molar-refractivity contribution in [2.45, 2.75) is 32.5 Å². The number of amides is 1. The Morgan fingerprint density at radius 2 is 1.76 bits per heavy atom. The van der Waals surface area contributed by atoms with Crippen LogP contribution in [0, 0.1) is 0 Å². The van der Waals surface area contributed by atoms with Crippen molar-refractivity contribution in [1.82, 2.24) is 20.2 Å². The van der Waals surface area contributed by atoms with Crippen LogP contribution in [0.25, 0.3) is 10.9 Å². The van der Waals surface area contributed by atoms with Gasteiger partial charge in [-0.25, -0.2) is 4.98 Å². The fourth-order valence-corrected chi connectivity index (χ4v) is 4.67. The van der Waals surface area contributed by atoms with Gasteiger partial charge in [0.05, 0.1) is 12.6 Å². The molecule has 2 N–H and O–H groups in total. The molecule has 0 bridgehead atoms. The largest absolute Gasteiger partial charge is 0.447 e. The zero-order valence-electron chi connectivity index (χ0n) is 20.7. The van der Waals surface area contributed by atoms with Gasteiger partial charge < -0.3 is 14.7 Å². The quantitative estimate of drug-likeness (QED) is 0.222. The van der Waals surface area contributed by atoms with Gasteiger partial charge in [-0.15, -0.1) is 0 Å². The number of rotatable bonds is 10. The Balaban J connectivity index is 1.29. The molecule has 0 saturated heterocycles. The van der Waals surface area contributed by atoms with Gasteiger partial charge in [0.25, 0.3) is 5.91 Å². The van der Waals surface area contributed by atoms with Gasteiger partial charge in [-0.1, -0.05) is 78.3 Å². The summed E-state index contributed by atoms with van der Waals surface area (Å²) in [7, 11) is 0. The molecular weight excluding hydrogens is 484 g/mol. The van der Waals surface area contributed by atoms with Crippen LogP contribution in [0.4, 0.5) is 0 Å². The zero-order valence-corrected chi connectivity index (χ0v) is 21.4. The van der Waals surface area contributed by atoms with E-state index < -0.39 is 0 Å². The molecule has 2 heterocycles. The topological polar surface area (TPSA) is 74.2 Å². The van der Waals surface area contributed by atoms with E-state index in [1.165, 1.54) is 17.2 Å². The summed E-state index contributed by atoms with van der Waals surface area (Å²) in [6, 6.07) is 25.8. The van der Waals surface area contributed by atoms with Crippen molar-refractivity contribution >= 4 is 28.4 Å². The summed E-state index contributed by atoms with van der Waals surface area (Å²) in [6.45, 7) is 3.80. The van der Waals surface area contributed by atoms with E-state index in [9.17, 15) is 4.79 Å². The van der Waals surface area contributed by atoms with Gasteiger partial charge in [-0.3, -0.25) is 9.69 Å². The fraction of sp³-hybridized carbons (Fsp3) is 0.200. The first-order chi connectivity index (χ1) is 18.1. The number of aromatic nitrogens is 2. The Kier molecular flexibility index (Phi) is 7.68. The molecule has 2 aromatic heterocycles. The van der Waals surface area contributed by atoms with E-state index in [4.69, 9.17) is 16.0 Å². The van der Waals surface area contributed by atoms with Crippen LogP contribution in [-0.4, -0.2) is 27.3 Å². The van der Waals surface area contributed by atoms with Gasteiger partial charge in [-0.2, -0.15) is 0 Å². The van der Waals surface area contributed by atoms with Gasteiger partial charge in [0.1, 0.15) is 6.26 Å². The average molecular weight is 513 g/mol. The smallest absolute Gasteiger partial charge is 0.273 e. The number of H-pyrrole nitrogens is 1. The van der Waals surface area contributed by atoms with E-state index in [1.807, 2.05) is 67.6 Å². The lowest BCUT2D eigenvalue weighted by Gasteiger charge is -2.21. The van der Waals surface area contributed by atoms with Crippen LogP contribution in [0.15, 0.2) is 95.7 Å². The fourth-order valence-electron chi connectivity index (χ4n) is 4.47. The first kappa shape index (κ1) is 24.8. The number of aromatic amines is 1. The van der Waals surface area contributed by atoms with Crippen LogP contribution in [0.2, 0.25) is 5.02 Å². The Hall–Kier alpha value is -3.87. The Labute approximate surface area is 221 Å². The molecule has 0 fully saturated rings. The molecule has 0 aliphatic carbocycles. The minimum Gasteiger partial charge on any atom is -0.447 e. The first-order valence-electron chi connectivity index (χ1n) is 12.4. The van der Waals surface area contributed by atoms with Crippen molar-refractivity contribution < 1.29 is 9.21 Å². The molecule has 1 atom stereocenters. The van der Waals surface area contributed by atoms with Gasteiger partial charge >= 0.3 is 0 Å². The van der Waals surface area contributed by atoms with Gasteiger partial charge in [0.2, 0.25) is 5.89 Å². The normalized spacial score (nSPS) is 12.2. The van der Waals surface area contributed by atoms with Crippen LogP contribution in [-0.2, 0) is 19.5 Å². The number of carbonyl (C=O) groups excluding carboxylic acids is 1. The molecule has 188 valence electrons. The minimum atomic E-state index is -0.261.